The van der Waals surface area contributed by atoms with Crippen molar-refractivity contribution in [3.8, 4) is 11.3 Å². The minimum atomic E-state index is -0.361. The highest BCUT2D eigenvalue weighted by Gasteiger charge is 2.30. The van der Waals surface area contributed by atoms with Crippen LogP contribution >= 0.6 is 11.3 Å². The van der Waals surface area contributed by atoms with Gasteiger partial charge < -0.3 is 10.1 Å². The SMILES string of the molecule is CCOC(=O)c1c(NC(=O)c2cc(-c3ccc(C)cc3)nc3ccccc23)sc2c1CC[C@H](CC)C2. The number of nitrogens with zero attached hydrogens (tertiary/aromatic N) is 1. The van der Waals surface area contributed by atoms with Crippen molar-refractivity contribution in [1.82, 2.24) is 4.98 Å². The molecule has 5 rings (SSSR count). The maximum absolute atomic E-state index is 13.7. The molecule has 2 aromatic carbocycles. The number of pyridine rings is 1. The Bertz CT molecular complexity index is 1440. The molecule has 2 aromatic heterocycles. The van der Waals surface area contributed by atoms with E-state index in [-0.39, 0.29) is 11.9 Å². The van der Waals surface area contributed by atoms with Gasteiger partial charge in [0.1, 0.15) is 5.00 Å². The van der Waals surface area contributed by atoms with Crippen LogP contribution in [0.2, 0.25) is 0 Å². The molecule has 0 bridgehead atoms. The molecular weight excluding hydrogens is 468 g/mol. The van der Waals surface area contributed by atoms with Gasteiger partial charge in [-0.15, -0.1) is 11.3 Å². The number of ether oxygens (including phenoxy) is 1. The number of thiophene rings is 1. The van der Waals surface area contributed by atoms with E-state index in [2.05, 4.69) is 12.2 Å². The lowest BCUT2D eigenvalue weighted by atomic mass is 9.85. The molecule has 1 N–H and O–H groups in total. The van der Waals surface area contributed by atoms with Gasteiger partial charge in [-0.05, 0) is 56.7 Å². The fourth-order valence-electron chi connectivity index (χ4n) is 4.92. The maximum atomic E-state index is 13.7. The van der Waals surface area contributed by atoms with Crippen LogP contribution in [-0.4, -0.2) is 23.5 Å². The Kier molecular flexibility index (Phi) is 6.88. The van der Waals surface area contributed by atoms with Crippen LogP contribution in [0.15, 0.2) is 54.6 Å². The number of nitrogens with one attached hydrogen (secondary N) is 1. The van der Waals surface area contributed by atoms with Crippen LogP contribution in [0.3, 0.4) is 0 Å². The van der Waals surface area contributed by atoms with Crippen molar-refractivity contribution in [2.45, 2.75) is 46.5 Å². The number of anilines is 1. The van der Waals surface area contributed by atoms with Crippen LogP contribution in [0, 0.1) is 12.8 Å². The first-order chi connectivity index (χ1) is 17.5. The molecule has 1 atom stereocenters. The largest absolute Gasteiger partial charge is 0.462 e. The molecule has 1 aliphatic rings. The molecule has 0 unspecified atom stereocenters. The summed E-state index contributed by atoms with van der Waals surface area (Å²) in [4.78, 5) is 32.7. The fraction of sp³-hybridized carbons (Fsp3) is 0.300. The average Bonchev–Trinajstić information content (AvgIpc) is 3.25. The number of fused-ring (bicyclic) bond motifs is 2. The number of hydrogen-bond donors (Lipinski definition) is 1. The molecule has 0 saturated heterocycles. The highest BCUT2D eigenvalue weighted by molar-refractivity contribution is 7.17. The Morgan fingerprint density at radius 2 is 1.89 bits per heavy atom. The van der Waals surface area contributed by atoms with Crippen molar-refractivity contribution in [3.63, 3.8) is 0 Å². The normalized spacial score (nSPS) is 14.9. The van der Waals surface area contributed by atoms with Crippen molar-refractivity contribution >= 4 is 39.1 Å². The number of hydrogen-bond acceptors (Lipinski definition) is 5. The van der Waals surface area contributed by atoms with Gasteiger partial charge in [-0.2, -0.15) is 0 Å². The second-order valence-corrected chi connectivity index (χ2v) is 10.4. The Balaban J connectivity index is 1.56. The van der Waals surface area contributed by atoms with Gasteiger partial charge in [0.05, 0.1) is 28.9 Å². The Morgan fingerprint density at radius 1 is 1.11 bits per heavy atom. The van der Waals surface area contributed by atoms with Gasteiger partial charge in [0.25, 0.3) is 5.91 Å². The van der Waals surface area contributed by atoms with Crippen LogP contribution in [0.1, 0.15) is 63.4 Å². The maximum Gasteiger partial charge on any atom is 0.341 e. The molecule has 4 aromatic rings. The predicted molar refractivity (Wildman–Crippen MR) is 146 cm³/mol. The molecule has 0 fully saturated rings. The quantitative estimate of drug-likeness (QED) is 0.285. The van der Waals surface area contributed by atoms with E-state index in [4.69, 9.17) is 9.72 Å². The van der Waals surface area contributed by atoms with Crippen LogP contribution in [0.25, 0.3) is 22.2 Å². The number of carbonyl (C=O) groups is 2. The van der Waals surface area contributed by atoms with E-state index in [1.54, 1.807) is 6.92 Å². The summed E-state index contributed by atoms with van der Waals surface area (Å²) in [5.41, 5.74) is 5.70. The molecule has 36 heavy (non-hydrogen) atoms. The molecule has 0 aliphatic heterocycles. The van der Waals surface area contributed by atoms with E-state index in [1.807, 2.05) is 61.5 Å². The third-order valence-electron chi connectivity index (χ3n) is 6.96. The zero-order valence-electron chi connectivity index (χ0n) is 20.9. The molecule has 0 radical (unpaired) electrons. The molecule has 184 valence electrons. The minimum Gasteiger partial charge on any atom is -0.462 e. The third-order valence-corrected chi connectivity index (χ3v) is 8.13. The Labute approximate surface area is 215 Å². The lowest BCUT2D eigenvalue weighted by Gasteiger charge is -2.20. The molecule has 5 nitrogen and oxygen atoms in total. The van der Waals surface area contributed by atoms with E-state index in [0.717, 1.165) is 59.0 Å². The summed E-state index contributed by atoms with van der Waals surface area (Å²) in [5, 5.41) is 4.44. The number of para-hydroxylation sites is 1. The smallest absolute Gasteiger partial charge is 0.341 e. The summed E-state index contributed by atoms with van der Waals surface area (Å²) in [6.45, 7) is 6.35. The number of aromatic nitrogens is 1. The highest BCUT2D eigenvalue weighted by Crippen LogP contribution is 2.41. The lowest BCUT2D eigenvalue weighted by Crippen LogP contribution is -2.17. The molecule has 6 heteroatoms. The number of aryl methyl sites for hydroxylation is 1. The summed E-state index contributed by atoms with van der Waals surface area (Å²) in [7, 11) is 0. The van der Waals surface area contributed by atoms with Crippen molar-refractivity contribution < 1.29 is 14.3 Å². The number of carbonyl (C=O) groups excluding carboxylic acids is 2. The van der Waals surface area contributed by atoms with E-state index < -0.39 is 0 Å². The zero-order valence-corrected chi connectivity index (χ0v) is 21.7. The van der Waals surface area contributed by atoms with Crippen LogP contribution in [-0.2, 0) is 17.6 Å². The van der Waals surface area contributed by atoms with Gasteiger partial charge in [-0.25, -0.2) is 9.78 Å². The van der Waals surface area contributed by atoms with E-state index in [1.165, 1.54) is 16.2 Å². The highest BCUT2D eigenvalue weighted by atomic mass is 32.1. The van der Waals surface area contributed by atoms with Gasteiger partial charge >= 0.3 is 5.97 Å². The molecule has 0 spiro atoms. The van der Waals surface area contributed by atoms with Crippen molar-refractivity contribution in [2.75, 3.05) is 11.9 Å². The fourth-order valence-corrected chi connectivity index (χ4v) is 6.26. The van der Waals surface area contributed by atoms with Crippen molar-refractivity contribution in [1.29, 1.82) is 0 Å². The summed E-state index contributed by atoms with van der Waals surface area (Å²) in [6, 6.07) is 17.6. The number of esters is 1. The van der Waals surface area contributed by atoms with Gasteiger partial charge in [-0.1, -0.05) is 61.4 Å². The minimum absolute atomic E-state index is 0.252. The first kappa shape index (κ1) is 24.2. The second kappa shape index (κ2) is 10.2. The summed E-state index contributed by atoms with van der Waals surface area (Å²) >= 11 is 1.52. The summed E-state index contributed by atoms with van der Waals surface area (Å²) < 4.78 is 5.40. The van der Waals surface area contributed by atoms with Crippen LogP contribution < -0.4 is 5.32 Å². The average molecular weight is 499 g/mol. The second-order valence-electron chi connectivity index (χ2n) is 9.34. The Hall–Kier alpha value is -3.51. The topological polar surface area (TPSA) is 68.3 Å². The standard InChI is InChI=1S/C30H30N2O3S/c1-4-19-12-15-22-26(16-19)36-29(27(22)30(34)35-5-2)32-28(33)23-17-25(20-13-10-18(3)11-14-20)31-24-9-7-6-8-21(23)24/h6-11,13-14,17,19H,4-5,12,15-16H2,1-3H3,(H,32,33)/t19-/m0/s1. The van der Waals surface area contributed by atoms with Gasteiger partial charge in [-0.3, -0.25) is 4.79 Å². The number of amides is 1. The predicted octanol–water partition coefficient (Wildman–Crippen LogP) is 7.22. The summed E-state index contributed by atoms with van der Waals surface area (Å²) in [6.07, 6.45) is 3.94. The lowest BCUT2D eigenvalue weighted by molar-refractivity contribution is 0.0526. The molecule has 2 heterocycles. The molecule has 1 amide bonds. The Morgan fingerprint density at radius 3 is 2.64 bits per heavy atom. The zero-order chi connectivity index (χ0) is 25.2. The summed E-state index contributed by atoms with van der Waals surface area (Å²) in [5.74, 6) is -0.00529. The van der Waals surface area contributed by atoms with Gasteiger partial charge in [0, 0.05) is 15.8 Å². The first-order valence-electron chi connectivity index (χ1n) is 12.6. The number of benzene rings is 2. The van der Waals surface area contributed by atoms with Crippen molar-refractivity contribution in [3.05, 3.63) is 81.7 Å². The van der Waals surface area contributed by atoms with Gasteiger partial charge in [0.2, 0.25) is 0 Å². The monoisotopic (exact) mass is 498 g/mol. The number of rotatable bonds is 6. The van der Waals surface area contributed by atoms with E-state index >= 15 is 0 Å². The third kappa shape index (κ3) is 4.65. The van der Waals surface area contributed by atoms with Gasteiger partial charge in [0.15, 0.2) is 0 Å². The van der Waals surface area contributed by atoms with Crippen LogP contribution in [0.5, 0.6) is 0 Å². The van der Waals surface area contributed by atoms with E-state index in [9.17, 15) is 9.59 Å². The molecular formula is C30H30N2O3S. The van der Waals surface area contributed by atoms with Crippen LogP contribution in [0.4, 0.5) is 5.00 Å². The first-order valence-corrected chi connectivity index (χ1v) is 13.4. The van der Waals surface area contributed by atoms with Crippen molar-refractivity contribution in [2.24, 2.45) is 5.92 Å². The van der Waals surface area contributed by atoms with E-state index in [0.29, 0.717) is 28.7 Å². The molecule has 1 aliphatic carbocycles. The molecule has 0 saturated carbocycles.